The van der Waals surface area contributed by atoms with Crippen molar-refractivity contribution in [3.05, 3.63) is 11.6 Å². The number of carboxylic acid groups (broad SMARTS) is 1. The number of hydrogen-bond donors (Lipinski definition) is 2. The summed E-state index contributed by atoms with van der Waals surface area (Å²) in [7, 11) is 0. The van der Waals surface area contributed by atoms with Crippen LogP contribution in [0.5, 0.6) is 0 Å². The van der Waals surface area contributed by atoms with Gasteiger partial charge >= 0.3 is 5.97 Å². The second kappa shape index (κ2) is 8.77. The summed E-state index contributed by atoms with van der Waals surface area (Å²) in [6.45, 7) is 3.71. The monoisotopic (exact) mass is 281 g/mol. The zero-order chi connectivity index (χ0) is 15.0. The Balaban J connectivity index is 2.17. The molecular weight excluding hydrogens is 254 g/mol. The largest absolute Gasteiger partial charge is 0.481 e. The lowest BCUT2D eigenvalue weighted by atomic mass is 9.97. The Labute approximate surface area is 121 Å². The highest BCUT2D eigenvalue weighted by Gasteiger charge is 2.13. The maximum Gasteiger partial charge on any atom is 0.306 e. The maximum absolute atomic E-state index is 11.9. The van der Waals surface area contributed by atoms with Crippen LogP contribution in [0.4, 0.5) is 0 Å². The molecule has 0 heterocycles. The van der Waals surface area contributed by atoms with Gasteiger partial charge in [0.2, 0.25) is 5.91 Å². The van der Waals surface area contributed by atoms with E-state index in [1.54, 1.807) is 6.92 Å². The van der Waals surface area contributed by atoms with E-state index in [4.69, 9.17) is 5.11 Å². The number of allylic oxidation sites excluding steroid dienone is 1. The molecule has 0 aromatic carbocycles. The lowest BCUT2D eigenvalue weighted by Gasteiger charge is -2.17. The van der Waals surface area contributed by atoms with Crippen LogP contribution >= 0.6 is 0 Å². The first-order valence-electron chi connectivity index (χ1n) is 7.69. The zero-order valence-electron chi connectivity index (χ0n) is 12.7. The van der Waals surface area contributed by atoms with E-state index in [9.17, 15) is 9.59 Å². The first kappa shape index (κ1) is 16.7. The van der Waals surface area contributed by atoms with Gasteiger partial charge in [0.1, 0.15) is 0 Å². The molecule has 1 aliphatic carbocycles. The molecule has 0 aliphatic heterocycles. The van der Waals surface area contributed by atoms with Crippen molar-refractivity contribution in [2.45, 2.75) is 71.3 Å². The van der Waals surface area contributed by atoms with Gasteiger partial charge in [0.25, 0.3) is 0 Å². The van der Waals surface area contributed by atoms with Gasteiger partial charge in [0.15, 0.2) is 0 Å². The standard InChI is InChI=1S/C16H27NO3/c1-12(16(19)20)7-6-8-13(2)17-15(18)11-14-9-4-3-5-10-14/h9,12-13H,3-8,10-11H2,1-2H3,(H,17,18)(H,19,20). The average Bonchev–Trinajstić information content (AvgIpc) is 2.39. The number of amides is 1. The van der Waals surface area contributed by atoms with E-state index in [-0.39, 0.29) is 17.9 Å². The molecule has 0 saturated heterocycles. The molecule has 0 aromatic heterocycles. The lowest BCUT2D eigenvalue weighted by Crippen LogP contribution is -2.32. The first-order chi connectivity index (χ1) is 9.49. The Bertz CT molecular complexity index is 363. The molecule has 4 nitrogen and oxygen atoms in total. The maximum atomic E-state index is 11.9. The molecule has 0 fully saturated rings. The third-order valence-corrected chi connectivity index (χ3v) is 3.88. The summed E-state index contributed by atoms with van der Waals surface area (Å²) in [4.78, 5) is 22.6. The highest BCUT2D eigenvalue weighted by Crippen LogP contribution is 2.20. The molecule has 1 rings (SSSR count). The van der Waals surface area contributed by atoms with E-state index in [0.717, 1.165) is 25.7 Å². The molecule has 1 amide bonds. The molecule has 2 unspecified atom stereocenters. The molecular formula is C16H27NO3. The number of rotatable bonds is 8. The predicted octanol–water partition coefficient (Wildman–Crippen LogP) is 3.27. The molecule has 2 N–H and O–H groups in total. The zero-order valence-corrected chi connectivity index (χ0v) is 12.7. The highest BCUT2D eigenvalue weighted by atomic mass is 16.4. The van der Waals surface area contributed by atoms with Crippen molar-refractivity contribution in [2.75, 3.05) is 0 Å². The van der Waals surface area contributed by atoms with E-state index in [0.29, 0.717) is 12.8 Å². The number of nitrogens with one attached hydrogen (secondary N) is 1. The average molecular weight is 281 g/mol. The number of aliphatic carboxylic acids is 1. The Kier molecular flexibility index (Phi) is 7.34. The van der Waals surface area contributed by atoms with Crippen molar-refractivity contribution in [3.8, 4) is 0 Å². The number of carbonyl (C=O) groups excluding carboxylic acids is 1. The van der Waals surface area contributed by atoms with E-state index >= 15 is 0 Å². The van der Waals surface area contributed by atoms with Crippen molar-refractivity contribution < 1.29 is 14.7 Å². The van der Waals surface area contributed by atoms with Crippen LogP contribution in [-0.4, -0.2) is 23.0 Å². The summed E-state index contributed by atoms with van der Waals surface area (Å²) in [6, 6.07) is 0.118. The van der Waals surface area contributed by atoms with Crippen molar-refractivity contribution in [1.82, 2.24) is 5.32 Å². The fourth-order valence-electron chi connectivity index (χ4n) is 2.52. The molecule has 0 aromatic rings. The molecule has 20 heavy (non-hydrogen) atoms. The molecule has 0 radical (unpaired) electrons. The minimum Gasteiger partial charge on any atom is -0.481 e. The topological polar surface area (TPSA) is 66.4 Å². The van der Waals surface area contributed by atoms with Crippen molar-refractivity contribution in [2.24, 2.45) is 5.92 Å². The molecule has 0 saturated carbocycles. The third kappa shape index (κ3) is 6.73. The van der Waals surface area contributed by atoms with Gasteiger partial charge in [-0.15, -0.1) is 0 Å². The Hall–Kier alpha value is -1.32. The van der Waals surface area contributed by atoms with Gasteiger partial charge in [-0.2, -0.15) is 0 Å². The van der Waals surface area contributed by atoms with E-state index in [1.807, 2.05) is 6.92 Å². The minimum absolute atomic E-state index is 0.0944. The summed E-state index contributed by atoms with van der Waals surface area (Å²) < 4.78 is 0. The van der Waals surface area contributed by atoms with Crippen LogP contribution < -0.4 is 5.32 Å². The summed E-state index contributed by atoms with van der Waals surface area (Å²) >= 11 is 0. The van der Waals surface area contributed by atoms with E-state index < -0.39 is 5.97 Å². The minimum atomic E-state index is -0.745. The lowest BCUT2D eigenvalue weighted by molar-refractivity contribution is -0.141. The second-order valence-corrected chi connectivity index (χ2v) is 5.92. The fraction of sp³-hybridized carbons (Fsp3) is 0.750. The molecule has 4 heteroatoms. The summed E-state index contributed by atoms with van der Waals surface area (Å²) in [6.07, 6.45) is 9.65. The molecule has 1 aliphatic rings. The summed E-state index contributed by atoms with van der Waals surface area (Å²) in [5.41, 5.74) is 1.26. The van der Waals surface area contributed by atoms with Crippen molar-refractivity contribution in [1.29, 1.82) is 0 Å². The normalized spacial score (nSPS) is 18.0. The Morgan fingerprint density at radius 1 is 1.30 bits per heavy atom. The molecule has 114 valence electrons. The van der Waals surface area contributed by atoms with Gasteiger partial charge in [0, 0.05) is 12.5 Å². The van der Waals surface area contributed by atoms with Gasteiger partial charge in [0.05, 0.1) is 5.92 Å². The van der Waals surface area contributed by atoms with Crippen LogP contribution in [-0.2, 0) is 9.59 Å². The first-order valence-corrected chi connectivity index (χ1v) is 7.69. The molecule has 2 atom stereocenters. The van der Waals surface area contributed by atoms with Gasteiger partial charge in [-0.1, -0.05) is 25.0 Å². The molecule has 0 bridgehead atoms. The van der Waals surface area contributed by atoms with E-state index in [2.05, 4.69) is 11.4 Å². The van der Waals surface area contributed by atoms with Crippen LogP contribution in [0.1, 0.15) is 65.2 Å². The fourth-order valence-corrected chi connectivity index (χ4v) is 2.52. The van der Waals surface area contributed by atoms with Gasteiger partial charge < -0.3 is 10.4 Å². The van der Waals surface area contributed by atoms with Gasteiger partial charge in [-0.25, -0.2) is 0 Å². The van der Waals surface area contributed by atoms with E-state index in [1.165, 1.54) is 18.4 Å². The van der Waals surface area contributed by atoms with Crippen LogP contribution in [0.2, 0.25) is 0 Å². The van der Waals surface area contributed by atoms with Crippen LogP contribution in [0.15, 0.2) is 11.6 Å². The number of carboxylic acids is 1. The number of carbonyl (C=O) groups is 2. The van der Waals surface area contributed by atoms with Crippen molar-refractivity contribution >= 4 is 11.9 Å². The second-order valence-electron chi connectivity index (χ2n) is 5.92. The Morgan fingerprint density at radius 3 is 2.65 bits per heavy atom. The third-order valence-electron chi connectivity index (χ3n) is 3.88. The van der Waals surface area contributed by atoms with Crippen LogP contribution in [0, 0.1) is 5.92 Å². The van der Waals surface area contributed by atoms with Crippen molar-refractivity contribution in [3.63, 3.8) is 0 Å². The summed E-state index contributed by atoms with van der Waals surface area (Å²) in [5.74, 6) is -0.951. The van der Waals surface area contributed by atoms with Gasteiger partial charge in [-0.3, -0.25) is 9.59 Å². The predicted molar refractivity (Wildman–Crippen MR) is 79.4 cm³/mol. The van der Waals surface area contributed by atoms with Crippen LogP contribution in [0.25, 0.3) is 0 Å². The van der Waals surface area contributed by atoms with Gasteiger partial charge in [-0.05, 0) is 45.4 Å². The SMILES string of the molecule is CC(CCCC(C)C(=O)O)NC(=O)CC1=CCCCC1. The quantitative estimate of drug-likeness (QED) is 0.671. The Morgan fingerprint density at radius 2 is 2.05 bits per heavy atom. The smallest absolute Gasteiger partial charge is 0.306 e. The molecule has 0 spiro atoms. The highest BCUT2D eigenvalue weighted by molar-refractivity contribution is 5.78. The summed E-state index contributed by atoms with van der Waals surface area (Å²) in [5, 5.41) is 11.8. The van der Waals surface area contributed by atoms with Crippen LogP contribution in [0.3, 0.4) is 0 Å². The number of hydrogen-bond acceptors (Lipinski definition) is 2.